The number of aromatic nitrogens is 2. The first-order valence-corrected chi connectivity index (χ1v) is 6.88. The number of hydrogen-bond donors (Lipinski definition) is 1. The van der Waals surface area contributed by atoms with Gasteiger partial charge in [0.25, 0.3) is 0 Å². The van der Waals surface area contributed by atoms with Gasteiger partial charge in [-0.2, -0.15) is 0 Å². The summed E-state index contributed by atoms with van der Waals surface area (Å²) in [4.78, 5) is 4.20. The van der Waals surface area contributed by atoms with Crippen LogP contribution < -0.4 is 5.32 Å². The van der Waals surface area contributed by atoms with Gasteiger partial charge in [0.2, 0.25) is 0 Å². The molecule has 2 aromatic rings. The molecule has 1 aromatic carbocycles. The number of imidazole rings is 1. The Bertz CT molecular complexity index is 569. The summed E-state index contributed by atoms with van der Waals surface area (Å²) in [5, 5.41) is 3.43. The van der Waals surface area contributed by atoms with E-state index in [1.165, 1.54) is 6.07 Å². The molecule has 0 bridgehead atoms. The van der Waals surface area contributed by atoms with E-state index in [2.05, 4.69) is 31.1 Å². The van der Waals surface area contributed by atoms with Crippen LogP contribution in [-0.2, 0) is 6.54 Å². The minimum absolute atomic E-state index is 0.0380. The normalized spacial score (nSPS) is 13.4. The molecule has 108 valence electrons. The van der Waals surface area contributed by atoms with Crippen molar-refractivity contribution in [3.05, 3.63) is 53.9 Å². The Morgan fingerprint density at radius 3 is 2.65 bits per heavy atom. The number of benzene rings is 1. The van der Waals surface area contributed by atoms with Crippen molar-refractivity contribution in [3.63, 3.8) is 0 Å². The van der Waals surface area contributed by atoms with E-state index >= 15 is 0 Å². The molecule has 0 saturated heterocycles. The van der Waals surface area contributed by atoms with E-state index in [-0.39, 0.29) is 17.4 Å². The van der Waals surface area contributed by atoms with E-state index in [1.54, 1.807) is 12.4 Å². The zero-order valence-corrected chi connectivity index (χ0v) is 12.5. The summed E-state index contributed by atoms with van der Waals surface area (Å²) in [6.45, 7) is 9.05. The van der Waals surface area contributed by atoms with Crippen LogP contribution in [0.3, 0.4) is 0 Å². The molecule has 3 nitrogen and oxygen atoms in total. The predicted molar refractivity (Wildman–Crippen MR) is 79.0 cm³/mol. The van der Waals surface area contributed by atoms with Crippen molar-refractivity contribution in [1.29, 1.82) is 0 Å². The molecule has 0 radical (unpaired) electrons. The molecule has 1 atom stereocenters. The van der Waals surface area contributed by atoms with Crippen LogP contribution in [0, 0.1) is 5.82 Å². The first-order chi connectivity index (χ1) is 9.38. The summed E-state index contributed by atoms with van der Waals surface area (Å²) in [6.07, 6.45) is 3.59. The third-order valence-electron chi connectivity index (χ3n) is 3.32. The van der Waals surface area contributed by atoms with Gasteiger partial charge in [-0.25, -0.2) is 9.37 Å². The highest BCUT2D eigenvalue weighted by molar-refractivity contribution is 5.22. The van der Waals surface area contributed by atoms with Gasteiger partial charge < -0.3 is 9.88 Å². The Kier molecular flexibility index (Phi) is 4.23. The molecule has 0 saturated carbocycles. The molecule has 1 N–H and O–H groups in total. The first-order valence-electron chi connectivity index (χ1n) is 6.88. The largest absolute Gasteiger partial charge is 0.326 e. The number of nitrogens with one attached hydrogen (secondary N) is 1. The Morgan fingerprint density at radius 2 is 2.00 bits per heavy atom. The highest BCUT2D eigenvalue weighted by atomic mass is 19.1. The third-order valence-corrected chi connectivity index (χ3v) is 3.32. The smallest absolute Gasteiger partial charge is 0.128 e. The van der Waals surface area contributed by atoms with E-state index in [4.69, 9.17) is 0 Å². The van der Waals surface area contributed by atoms with Crippen LogP contribution in [-0.4, -0.2) is 15.1 Å². The minimum Gasteiger partial charge on any atom is -0.326 e. The zero-order chi connectivity index (χ0) is 14.8. The molecule has 0 amide bonds. The van der Waals surface area contributed by atoms with Crippen molar-refractivity contribution in [2.75, 3.05) is 0 Å². The van der Waals surface area contributed by atoms with Gasteiger partial charge in [0.15, 0.2) is 0 Å². The van der Waals surface area contributed by atoms with Crippen molar-refractivity contribution in [1.82, 2.24) is 14.9 Å². The molecule has 0 spiro atoms. The average Bonchev–Trinajstić information content (AvgIpc) is 2.83. The zero-order valence-electron chi connectivity index (χ0n) is 12.5. The molecular weight excluding hydrogens is 253 g/mol. The monoisotopic (exact) mass is 275 g/mol. The quantitative estimate of drug-likeness (QED) is 0.925. The molecule has 1 unspecified atom stereocenters. The Hall–Kier alpha value is -1.68. The van der Waals surface area contributed by atoms with Crippen LogP contribution in [0.2, 0.25) is 0 Å². The van der Waals surface area contributed by atoms with Crippen molar-refractivity contribution in [2.45, 2.75) is 45.8 Å². The number of hydrogen-bond acceptors (Lipinski definition) is 2. The van der Waals surface area contributed by atoms with E-state index in [1.807, 2.05) is 29.8 Å². The molecule has 0 aliphatic heterocycles. The van der Waals surface area contributed by atoms with Gasteiger partial charge in [0, 0.05) is 23.8 Å². The molecule has 20 heavy (non-hydrogen) atoms. The van der Waals surface area contributed by atoms with Gasteiger partial charge in [-0.3, -0.25) is 0 Å². The summed E-state index contributed by atoms with van der Waals surface area (Å²) < 4.78 is 15.9. The number of nitrogens with zero attached hydrogens (tertiary/aromatic N) is 2. The highest BCUT2D eigenvalue weighted by Crippen LogP contribution is 2.22. The summed E-state index contributed by atoms with van der Waals surface area (Å²) in [5.74, 6) is -0.177. The van der Waals surface area contributed by atoms with Gasteiger partial charge in [-0.1, -0.05) is 18.2 Å². The lowest BCUT2D eigenvalue weighted by molar-refractivity contribution is 0.412. The second-order valence-electron chi connectivity index (χ2n) is 6.09. The molecule has 4 heteroatoms. The molecule has 1 aromatic heterocycles. The van der Waals surface area contributed by atoms with E-state index in [9.17, 15) is 4.39 Å². The van der Waals surface area contributed by atoms with Crippen LogP contribution in [0.5, 0.6) is 0 Å². The SMILES string of the molecule is CC(c1ccccc1F)n1cncc1CNC(C)(C)C. The lowest BCUT2D eigenvalue weighted by atomic mass is 10.1. The van der Waals surface area contributed by atoms with Gasteiger partial charge in [0.1, 0.15) is 5.82 Å². The van der Waals surface area contributed by atoms with Crippen molar-refractivity contribution in [2.24, 2.45) is 0 Å². The fourth-order valence-electron chi connectivity index (χ4n) is 2.14. The molecule has 2 rings (SSSR count). The van der Waals surface area contributed by atoms with Gasteiger partial charge in [0.05, 0.1) is 18.1 Å². The third kappa shape index (κ3) is 3.45. The van der Waals surface area contributed by atoms with Crippen molar-refractivity contribution < 1.29 is 4.39 Å². The van der Waals surface area contributed by atoms with Crippen LogP contribution in [0.15, 0.2) is 36.8 Å². The van der Waals surface area contributed by atoms with Gasteiger partial charge in [-0.15, -0.1) is 0 Å². The number of halogens is 1. The second kappa shape index (κ2) is 5.75. The fraction of sp³-hybridized carbons (Fsp3) is 0.438. The molecule has 0 aliphatic rings. The van der Waals surface area contributed by atoms with E-state index in [0.717, 1.165) is 5.69 Å². The number of rotatable bonds is 4. The Morgan fingerprint density at radius 1 is 1.30 bits per heavy atom. The average molecular weight is 275 g/mol. The van der Waals surface area contributed by atoms with Crippen LogP contribution >= 0.6 is 0 Å². The highest BCUT2D eigenvalue weighted by Gasteiger charge is 2.16. The molecule has 1 heterocycles. The Balaban J connectivity index is 2.21. The fourth-order valence-corrected chi connectivity index (χ4v) is 2.14. The summed E-state index contributed by atoms with van der Waals surface area (Å²) >= 11 is 0. The lowest BCUT2D eigenvalue weighted by Crippen LogP contribution is -2.35. The van der Waals surface area contributed by atoms with Gasteiger partial charge in [-0.05, 0) is 33.8 Å². The van der Waals surface area contributed by atoms with Gasteiger partial charge >= 0.3 is 0 Å². The maximum absolute atomic E-state index is 13.9. The second-order valence-corrected chi connectivity index (χ2v) is 6.09. The predicted octanol–water partition coefficient (Wildman–Crippen LogP) is 3.52. The summed E-state index contributed by atoms with van der Waals surface area (Å²) in [6, 6.07) is 6.81. The van der Waals surface area contributed by atoms with Crippen molar-refractivity contribution >= 4 is 0 Å². The summed E-state index contributed by atoms with van der Waals surface area (Å²) in [7, 11) is 0. The van der Waals surface area contributed by atoms with Crippen LogP contribution in [0.4, 0.5) is 4.39 Å². The standard InChI is InChI=1S/C16H22FN3/c1-12(14-7-5-6-8-15(14)17)20-11-18-9-13(20)10-19-16(2,3)4/h5-9,11-12,19H,10H2,1-4H3. The Labute approximate surface area is 119 Å². The van der Waals surface area contributed by atoms with E-state index < -0.39 is 0 Å². The van der Waals surface area contributed by atoms with Crippen LogP contribution in [0.25, 0.3) is 0 Å². The molecular formula is C16H22FN3. The maximum atomic E-state index is 13.9. The minimum atomic E-state index is -0.177. The van der Waals surface area contributed by atoms with Crippen molar-refractivity contribution in [3.8, 4) is 0 Å². The maximum Gasteiger partial charge on any atom is 0.128 e. The molecule has 0 fully saturated rings. The van der Waals surface area contributed by atoms with Crippen LogP contribution in [0.1, 0.15) is 45.0 Å². The lowest BCUT2D eigenvalue weighted by Gasteiger charge is -2.23. The van der Waals surface area contributed by atoms with E-state index in [0.29, 0.717) is 12.1 Å². The topological polar surface area (TPSA) is 29.9 Å². The first kappa shape index (κ1) is 14.7. The molecule has 0 aliphatic carbocycles. The summed E-state index contributed by atoms with van der Waals surface area (Å²) in [5.41, 5.74) is 1.77.